The van der Waals surface area contributed by atoms with Crippen LogP contribution in [0.2, 0.25) is 0 Å². The van der Waals surface area contributed by atoms with Gasteiger partial charge in [0.05, 0.1) is 6.10 Å². The molecule has 4 nitrogen and oxygen atoms in total. The largest absolute Gasteiger partial charge is 0.388 e. The molecule has 2 rings (SSSR count). The van der Waals surface area contributed by atoms with Crippen molar-refractivity contribution in [3.05, 3.63) is 52.4 Å². The topological polar surface area (TPSA) is 80.4 Å². The van der Waals surface area contributed by atoms with Crippen molar-refractivity contribution in [2.24, 2.45) is 11.1 Å². The van der Waals surface area contributed by atoms with Crippen molar-refractivity contribution >= 4 is 21.4 Å². The molecule has 0 saturated carbocycles. The van der Waals surface area contributed by atoms with Crippen LogP contribution in [-0.2, 0) is 10.0 Å². The van der Waals surface area contributed by atoms with E-state index in [1.807, 2.05) is 45.0 Å². The monoisotopic (exact) mass is 353 g/mol. The molecule has 0 fully saturated rings. The van der Waals surface area contributed by atoms with Crippen LogP contribution in [0.15, 0.2) is 39.9 Å². The molecule has 3 atom stereocenters. The fourth-order valence-electron chi connectivity index (χ4n) is 2.94. The van der Waals surface area contributed by atoms with E-state index in [4.69, 9.17) is 5.14 Å². The van der Waals surface area contributed by atoms with Crippen LogP contribution in [-0.4, -0.2) is 13.5 Å². The van der Waals surface area contributed by atoms with Gasteiger partial charge in [-0.3, -0.25) is 0 Å². The fourth-order valence-corrected chi connectivity index (χ4v) is 4.85. The molecule has 1 aromatic carbocycles. The normalized spacial score (nSPS) is 16.0. The lowest BCUT2D eigenvalue weighted by molar-refractivity contribution is 0.116. The molecule has 1 heterocycles. The lowest BCUT2D eigenvalue weighted by Crippen LogP contribution is -2.22. The fraction of sp³-hybridized carbons (Fsp3) is 0.412. The second-order valence-corrected chi connectivity index (χ2v) is 8.59. The quantitative estimate of drug-likeness (QED) is 0.833. The third-order valence-corrected chi connectivity index (χ3v) is 6.84. The molecule has 0 radical (unpaired) electrons. The molecule has 0 aliphatic rings. The van der Waals surface area contributed by atoms with Crippen LogP contribution < -0.4 is 5.14 Å². The second-order valence-electron chi connectivity index (χ2n) is 5.92. The number of primary sulfonamides is 1. The summed E-state index contributed by atoms with van der Waals surface area (Å²) < 4.78 is 23.9. The molecule has 0 aliphatic heterocycles. The van der Waals surface area contributed by atoms with Gasteiger partial charge >= 0.3 is 0 Å². The van der Waals surface area contributed by atoms with E-state index in [0.29, 0.717) is 5.56 Å². The SMILES string of the molecule is CC[C@H](C)[C@@H](c1ccsc1S(N)(=O)=O)C(O)c1ccccc1C. The minimum atomic E-state index is -3.80. The molecule has 23 heavy (non-hydrogen) atoms. The van der Waals surface area contributed by atoms with Crippen LogP contribution in [0.5, 0.6) is 0 Å². The summed E-state index contributed by atoms with van der Waals surface area (Å²) in [7, 11) is -3.80. The Bertz CT molecular complexity index is 768. The molecule has 2 aromatic rings. The number of hydrogen-bond acceptors (Lipinski definition) is 4. The smallest absolute Gasteiger partial charge is 0.247 e. The minimum absolute atomic E-state index is 0.111. The predicted octanol–water partition coefficient (Wildman–Crippen LogP) is 3.57. The molecule has 0 aliphatic carbocycles. The van der Waals surface area contributed by atoms with E-state index in [0.717, 1.165) is 28.9 Å². The summed E-state index contributed by atoms with van der Waals surface area (Å²) in [6.07, 6.45) is 0.0503. The Morgan fingerprint density at radius 2 is 1.87 bits per heavy atom. The first kappa shape index (κ1) is 18.1. The van der Waals surface area contributed by atoms with Gasteiger partial charge in [-0.25, -0.2) is 13.6 Å². The number of aryl methyl sites for hydroxylation is 1. The van der Waals surface area contributed by atoms with Gasteiger partial charge in [-0.05, 0) is 41.0 Å². The zero-order valence-corrected chi connectivity index (χ0v) is 15.2. The third kappa shape index (κ3) is 3.83. The van der Waals surface area contributed by atoms with Crippen LogP contribution in [0.4, 0.5) is 0 Å². The Kier molecular flexibility index (Phi) is 5.62. The molecule has 1 aromatic heterocycles. The van der Waals surface area contributed by atoms with E-state index in [2.05, 4.69) is 0 Å². The molecule has 0 amide bonds. The zero-order valence-electron chi connectivity index (χ0n) is 13.6. The number of hydrogen-bond donors (Lipinski definition) is 2. The van der Waals surface area contributed by atoms with Gasteiger partial charge in [0.25, 0.3) is 0 Å². The Labute approximate surface area is 142 Å². The van der Waals surface area contributed by atoms with Gasteiger partial charge in [-0.2, -0.15) is 0 Å². The summed E-state index contributed by atoms with van der Waals surface area (Å²) in [5.41, 5.74) is 2.42. The molecular formula is C17H23NO3S2. The summed E-state index contributed by atoms with van der Waals surface area (Å²) in [4.78, 5) is 0. The number of nitrogens with two attached hydrogens (primary N) is 1. The van der Waals surface area contributed by atoms with Crippen molar-refractivity contribution in [2.45, 2.75) is 43.4 Å². The summed E-state index contributed by atoms with van der Waals surface area (Å²) in [5, 5.41) is 18.1. The summed E-state index contributed by atoms with van der Waals surface area (Å²) in [6, 6.07) is 9.40. The molecule has 0 spiro atoms. The van der Waals surface area contributed by atoms with Crippen molar-refractivity contribution in [3.63, 3.8) is 0 Å². The van der Waals surface area contributed by atoms with E-state index < -0.39 is 16.1 Å². The first-order valence-electron chi connectivity index (χ1n) is 7.61. The van der Waals surface area contributed by atoms with E-state index in [9.17, 15) is 13.5 Å². The van der Waals surface area contributed by atoms with E-state index in [-0.39, 0.29) is 16.0 Å². The van der Waals surface area contributed by atoms with Crippen LogP contribution in [0, 0.1) is 12.8 Å². The van der Waals surface area contributed by atoms with Crippen LogP contribution >= 0.6 is 11.3 Å². The number of sulfonamides is 1. The summed E-state index contributed by atoms with van der Waals surface area (Å²) in [5.74, 6) is -0.208. The molecule has 126 valence electrons. The van der Waals surface area contributed by atoms with Crippen LogP contribution in [0.25, 0.3) is 0 Å². The minimum Gasteiger partial charge on any atom is -0.388 e. The maximum Gasteiger partial charge on any atom is 0.247 e. The third-order valence-electron chi connectivity index (χ3n) is 4.38. The average Bonchev–Trinajstić information content (AvgIpc) is 2.97. The maximum atomic E-state index is 11.9. The molecule has 1 unspecified atom stereocenters. The van der Waals surface area contributed by atoms with E-state index in [1.165, 1.54) is 0 Å². The zero-order chi connectivity index (χ0) is 17.2. The van der Waals surface area contributed by atoms with Gasteiger partial charge in [0, 0.05) is 5.92 Å². The van der Waals surface area contributed by atoms with Gasteiger partial charge in [0.15, 0.2) is 0 Å². The Morgan fingerprint density at radius 3 is 2.43 bits per heavy atom. The van der Waals surface area contributed by atoms with Gasteiger partial charge in [-0.15, -0.1) is 11.3 Å². The summed E-state index contributed by atoms with van der Waals surface area (Å²) in [6.45, 7) is 6.00. The van der Waals surface area contributed by atoms with Crippen molar-refractivity contribution in [2.75, 3.05) is 0 Å². The molecule has 0 bridgehead atoms. The van der Waals surface area contributed by atoms with Crippen molar-refractivity contribution in [1.82, 2.24) is 0 Å². The van der Waals surface area contributed by atoms with Crippen molar-refractivity contribution in [1.29, 1.82) is 0 Å². The van der Waals surface area contributed by atoms with Crippen molar-refractivity contribution in [3.8, 4) is 0 Å². The Hall–Kier alpha value is -1.21. The number of thiophene rings is 1. The number of aliphatic hydroxyl groups excluding tert-OH is 1. The number of aliphatic hydroxyl groups is 1. The molecular weight excluding hydrogens is 330 g/mol. The highest BCUT2D eigenvalue weighted by molar-refractivity contribution is 7.91. The van der Waals surface area contributed by atoms with Crippen LogP contribution in [0.3, 0.4) is 0 Å². The Morgan fingerprint density at radius 1 is 1.22 bits per heavy atom. The highest BCUT2D eigenvalue weighted by Crippen LogP contribution is 2.43. The summed E-state index contributed by atoms with van der Waals surface area (Å²) >= 11 is 1.11. The second kappa shape index (κ2) is 7.13. The molecule has 0 saturated heterocycles. The highest BCUT2D eigenvalue weighted by Gasteiger charge is 2.32. The highest BCUT2D eigenvalue weighted by atomic mass is 32.2. The van der Waals surface area contributed by atoms with Gasteiger partial charge in [-0.1, -0.05) is 44.5 Å². The first-order valence-corrected chi connectivity index (χ1v) is 10.0. The maximum absolute atomic E-state index is 11.9. The molecule has 3 N–H and O–H groups in total. The lowest BCUT2D eigenvalue weighted by Gasteiger charge is -2.29. The lowest BCUT2D eigenvalue weighted by atomic mass is 9.79. The van der Waals surface area contributed by atoms with E-state index in [1.54, 1.807) is 11.4 Å². The first-order chi connectivity index (χ1) is 10.8. The Balaban J connectivity index is 2.56. The van der Waals surface area contributed by atoms with Crippen molar-refractivity contribution < 1.29 is 13.5 Å². The van der Waals surface area contributed by atoms with Gasteiger partial charge < -0.3 is 5.11 Å². The standard InChI is InChI=1S/C17H23NO3S2/c1-4-11(2)15(14-9-10-22-17(14)23(18,20)21)16(19)13-8-6-5-7-12(13)3/h5-11,15-16,19H,4H2,1-3H3,(H2,18,20,21)/t11-,15-,16?/m0/s1. The van der Waals surface area contributed by atoms with Gasteiger partial charge in [0.1, 0.15) is 4.21 Å². The van der Waals surface area contributed by atoms with E-state index >= 15 is 0 Å². The predicted molar refractivity (Wildman–Crippen MR) is 94.0 cm³/mol. The molecule has 6 heteroatoms. The number of benzene rings is 1. The van der Waals surface area contributed by atoms with Crippen LogP contribution in [0.1, 0.15) is 49.0 Å². The van der Waals surface area contributed by atoms with Gasteiger partial charge in [0.2, 0.25) is 10.0 Å². The average molecular weight is 354 g/mol. The number of rotatable bonds is 6.